The summed E-state index contributed by atoms with van der Waals surface area (Å²) in [5, 5.41) is 17.4. The van der Waals surface area contributed by atoms with Gasteiger partial charge in [0.2, 0.25) is 17.8 Å². The van der Waals surface area contributed by atoms with E-state index in [1.807, 2.05) is 43.7 Å². The molecular formula is C44H52BrFN11O4P. The number of rotatable bonds is 13. The van der Waals surface area contributed by atoms with Gasteiger partial charge in [-0.05, 0) is 90.8 Å². The number of ether oxygens (including phenoxy) is 1. The van der Waals surface area contributed by atoms with E-state index in [1.54, 1.807) is 43.5 Å². The van der Waals surface area contributed by atoms with Gasteiger partial charge >= 0.3 is 0 Å². The van der Waals surface area contributed by atoms with Gasteiger partial charge in [-0.2, -0.15) is 10.1 Å². The summed E-state index contributed by atoms with van der Waals surface area (Å²) in [5.74, 6) is 1.07. The molecule has 3 aromatic carbocycles. The average Bonchev–Trinajstić information content (AvgIpc) is 3.69. The van der Waals surface area contributed by atoms with Crippen molar-refractivity contribution in [2.24, 2.45) is 13.0 Å². The normalized spacial score (nSPS) is 17.8. The van der Waals surface area contributed by atoms with E-state index >= 15 is 4.39 Å². The molecule has 8 rings (SSSR count). The molecular weight excluding hydrogens is 876 g/mol. The molecule has 2 aromatic heterocycles. The summed E-state index contributed by atoms with van der Waals surface area (Å²) in [5.41, 5.74) is 5.54. The van der Waals surface area contributed by atoms with Gasteiger partial charge in [0.25, 0.3) is 0 Å². The van der Waals surface area contributed by atoms with Gasteiger partial charge < -0.3 is 35.1 Å². The van der Waals surface area contributed by atoms with Gasteiger partial charge in [0.05, 0.1) is 34.8 Å². The Kier molecular flexibility index (Phi) is 12.8. The first-order chi connectivity index (χ1) is 29.8. The lowest BCUT2D eigenvalue weighted by Crippen LogP contribution is -2.49. The zero-order valence-electron chi connectivity index (χ0n) is 35.3. The molecule has 3 aliphatic rings. The summed E-state index contributed by atoms with van der Waals surface area (Å²) in [6.45, 7) is 9.40. The number of halogens is 2. The molecule has 5 heterocycles. The van der Waals surface area contributed by atoms with Gasteiger partial charge in [-0.3, -0.25) is 24.5 Å². The van der Waals surface area contributed by atoms with E-state index in [9.17, 15) is 14.2 Å². The number of carbonyl (C=O) groups is 2. The van der Waals surface area contributed by atoms with Crippen LogP contribution in [0.25, 0.3) is 11.1 Å². The number of hydrogen-bond donors (Lipinski definition) is 4. The summed E-state index contributed by atoms with van der Waals surface area (Å²) in [7, 11) is 1.01. The van der Waals surface area contributed by atoms with E-state index in [1.165, 1.54) is 6.07 Å². The number of piperazine rings is 1. The van der Waals surface area contributed by atoms with Crippen LogP contribution in [0.2, 0.25) is 0 Å². The lowest BCUT2D eigenvalue weighted by atomic mass is 9.94. The molecule has 1 unspecified atom stereocenters. The Bertz CT molecular complexity index is 2500. The lowest BCUT2D eigenvalue weighted by molar-refractivity contribution is -0.133. The van der Waals surface area contributed by atoms with E-state index in [2.05, 4.69) is 74.1 Å². The Morgan fingerprint density at radius 1 is 0.919 bits per heavy atom. The topological polar surface area (TPSA) is 162 Å². The highest BCUT2D eigenvalue weighted by Crippen LogP contribution is 2.42. The number of benzene rings is 3. The summed E-state index contributed by atoms with van der Waals surface area (Å²) < 4.78 is 36.8. The molecule has 0 radical (unpaired) electrons. The molecule has 3 aliphatic heterocycles. The number of piperidine rings is 2. The number of para-hydroxylation sites is 1. The van der Waals surface area contributed by atoms with Crippen LogP contribution in [0.4, 0.5) is 44.6 Å². The number of aryl methyl sites for hydroxylation is 1. The number of nitrogens with one attached hydrogen (secondary N) is 4. The van der Waals surface area contributed by atoms with Gasteiger partial charge in [-0.1, -0.05) is 12.1 Å². The van der Waals surface area contributed by atoms with Gasteiger partial charge in [-0.25, -0.2) is 9.37 Å². The van der Waals surface area contributed by atoms with E-state index in [0.29, 0.717) is 51.4 Å². The maximum Gasteiger partial charge on any atom is 0.249 e. The van der Waals surface area contributed by atoms with Crippen LogP contribution in [0.1, 0.15) is 25.7 Å². The molecule has 3 saturated heterocycles. The van der Waals surface area contributed by atoms with Crippen LogP contribution < -0.4 is 41.1 Å². The fourth-order valence-electron chi connectivity index (χ4n) is 8.48. The number of nitrogens with zero attached hydrogens (tertiary/aromatic N) is 7. The van der Waals surface area contributed by atoms with Crippen LogP contribution in [0.5, 0.6) is 5.75 Å². The third-order valence-electron chi connectivity index (χ3n) is 11.8. The number of methoxy groups -OCH3 is 1. The lowest BCUT2D eigenvalue weighted by Gasteiger charge is -2.40. The number of aromatic nitrogens is 4. The molecule has 3 fully saturated rings. The van der Waals surface area contributed by atoms with Gasteiger partial charge in [-0.15, -0.1) is 0 Å². The molecule has 2 amide bonds. The quantitative estimate of drug-likeness (QED) is 0.0724. The highest BCUT2D eigenvalue weighted by molar-refractivity contribution is 9.10. The Labute approximate surface area is 369 Å². The van der Waals surface area contributed by atoms with E-state index < -0.39 is 13.2 Å². The third kappa shape index (κ3) is 9.90. The fourth-order valence-corrected chi connectivity index (χ4v) is 9.93. The second-order valence-electron chi connectivity index (χ2n) is 16.5. The predicted octanol–water partition coefficient (Wildman–Crippen LogP) is 6.78. The van der Waals surface area contributed by atoms with Crippen molar-refractivity contribution >= 4 is 80.4 Å². The minimum absolute atomic E-state index is 0.260. The van der Waals surface area contributed by atoms with Crippen LogP contribution in [0.15, 0.2) is 77.7 Å². The molecule has 18 heteroatoms. The van der Waals surface area contributed by atoms with Crippen molar-refractivity contribution < 1.29 is 23.3 Å². The standard InChI is InChI=1S/C44H52BrFN11O4P/c1-54-27-29(24-48-54)31-22-36(51-44-47-25-32(45)42(53-44)50-34-7-5-6-8-40(34)62(3,4)60)39(61-2)23-38(31)56-15-13-28(14-16-56)26-55-17-19-57(20-18-55)37-11-9-30(21-33(37)46)49-35-10-12-41(58)52-43(35)59/h5-9,11,21-25,27-28,35,49H,10,12-20,26H2,1-4H3,(H,52,58,59)(H2,47,50,51,53). The van der Waals surface area contributed by atoms with Crippen LogP contribution in [0.3, 0.4) is 0 Å². The summed E-state index contributed by atoms with van der Waals surface area (Å²) in [6, 6.07) is 16.1. The minimum atomic E-state index is -2.56. The first kappa shape index (κ1) is 43.2. The van der Waals surface area contributed by atoms with Gasteiger partial charge in [0, 0.05) is 106 Å². The highest BCUT2D eigenvalue weighted by Gasteiger charge is 2.29. The van der Waals surface area contributed by atoms with Crippen LogP contribution >= 0.6 is 23.1 Å². The highest BCUT2D eigenvalue weighted by atomic mass is 79.9. The van der Waals surface area contributed by atoms with Crippen LogP contribution in [0, 0.1) is 11.7 Å². The van der Waals surface area contributed by atoms with E-state index in [4.69, 9.17) is 9.72 Å². The average molecular weight is 929 g/mol. The molecule has 0 bridgehead atoms. The Morgan fingerprint density at radius 2 is 1.68 bits per heavy atom. The molecule has 15 nitrogen and oxygen atoms in total. The fraction of sp³-hybridized carbons (Fsp3) is 0.386. The second-order valence-corrected chi connectivity index (χ2v) is 20.6. The summed E-state index contributed by atoms with van der Waals surface area (Å²) in [4.78, 5) is 40.0. The first-order valence-electron chi connectivity index (χ1n) is 20.9. The van der Waals surface area contributed by atoms with Gasteiger partial charge in [0.15, 0.2) is 0 Å². The summed E-state index contributed by atoms with van der Waals surface area (Å²) >= 11 is 3.58. The minimum Gasteiger partial charge on any atom is -0.494 e. The van der Waals surface area contributed by atoms with Crippen molar-refractivity contribution in [1.82, 2.24) is 30.0 Å². The zero-order chi connectivity index (χ0) is 43.5. The number of imide groups is 1. The second kappa shape index (κ2) is 18.5. The molecule has 0 aliphatic carbocycles. The largest absolute Gasteiger partial charge is 0.494 e. The molecule has 5 aromatic rings. The van der Waals surface area contributed by atoms with Crippen molar-refractivity contribution in [3.63, 3.8) is 0 Å². The van der Waals surface area contributed by atoms with Crippen molar-refractivity contribution in [3.05, 3.63) is 83.5 Å². The van der Waals surface area contributed by atoms with Crippen molar-refractivity contribution in [1.29, 1.82) is 0 Å². The Balaban J connectivity index is 0.908. The van der Waals surface area contributed by atoms with Crippen molar-refractivity contribution in [2.75, 3.05) is 92.0 Å². The maximum atomic E-state index is 15.3. The SMILES string of the molecule is COc1cc(N2CCC(CN3CCN(c4ccc(NC5CCC(=O)NC5=O)cc4F)CC3)CC2)c(-c2cnn(C)c2)cc1Nc1ncc(Br)c(Nc2ccccc2P(C)(C)=O)n1. The smallest absolute Gasteiger partial charge is 0.249 e. The molecule has 62 heavy (non-hydrogen) atoms. The molecule has 0 saturated carbocycles. The Morgan fingerprint density at radius 3 is 2.37 bits per heavy atom. The van der Waals surface area contributed by atoms with Crippen molar-refractivity contribution in [2.45, 2.75) is 31.7 Å². The number of amides is 2. The van der Waals surface area contributed by atoms with Crippen molar-refractivity contribution in [3.8, 4) is 16.9 Å². The van der Waals surface area contributed by atoms with Crippen LogP contribution in [-0.4, -0.2) is 109 Å². The van der Waals surface area contributed by atoms with Crippen LogP contribution in [-0.2, 0) is 21.2 Å². The van der Waals surface area contributed by atoms with E-state index in [0.717, 1.165) is 86.5 Å². The Hall–Kier alpha value is -5.51. The summed E-state index contributed by atoms with van der Waals surface area (Å²) in [6.07, 6.45) is 8.26. The van der Waals surface area contributed by atoms with Gasteiger partial charge in [0.1, 0.15) is 30.6 Å². The molecule has 1 atom stereocenters. The number of carbonyl (C=O) groups excluding carboxylic acids is 2. The molecule has 0 spiro atoms. The first-order valence-corrected chi connectivity index (χ1v) is 24.2. The maximum absolute atomic E-state index is 15.3. The number of anilines is 7. The monoisotopic (exact) mass is 927 g/mol. The molecule has 4 N–H and O–H groups in total. The number of hydrogen-bond acceptors (Lipinski definition) is 13. The van der Waals surface area contributed by atoms with E-state index in [-0.39, 0.29) is 24.1 Å². The zero-order valence-corrected chi connectivity index (χ0v) is 37.8. The third-order valence-corrected chi connectivity index (χ3v) is 13.9. The molecule has 326 valence electrons. The predicted molar refractivity (Wildman–Crippen MR) is 247 cm³/mol.